The second-order valence-corrected chi connectivity index (χ2v) is 10.4. The molecule has 2 aliphatic rings. The number of nitrogens with zero attached hydrogens (tertiary/aromatic N) is 2. The quantitative estimate of drug-likeness (QED) is 0.722. The van der Waals surface area contributed by atoms with E-state index in [1.165, 1.54) is 6.92 Å². The van der Waals surface area contributed by atoms with Gasteiger partial charge < -0.3 is 9.64 Å². The number of amides is 1. The van der Waals surface area contributed by atoms with E-state index in [0.717, 1.165) is 35.5 Å². The van der Waals surface area contributed by atoms with Crippen molar-refractivity contribution in [3.05, 3.63) is 59.2 Å². The summed E-state index contributed by atoms with van der Waals surface area (Å²) in [5.41, 5.74) is 3.93. The number of aryl methyl sites for hydroxylation is 1. The van der Waals surface area contributed by atoms with Crippen molar-refractivity contribution in [3.8, 4) is 0 Å². The number of hydrogen-bond donors (Lipinski definition) is 1. The number of nitrogens with one attached hydrogen (secondary N) is 1. The summed E-state index contributed by atoms with van der Waals surface area (Å²) in [5.74, 6) is -0.0310. The number of carbonyl (C=O) groups is 1. The van der Waals surface area contributed by atoms with Gasteiger partial charge in [-0.05, 0) is 49.6 Å². The number of fused-ring (bicyclic) bond motifs is 1. The monoisotopic (exact) mass is 457 g/mol. The van der Waals surface area contributed by atoms with Crippen molar-refractivity contribution in [2.24, 2.45) is 0 Å². The van der Waals surface area contributed by atoms with Crippen LogP contribution in [0.1, 0.15) is 36.6 Å². The Labute approximate surface area is 190 Å². The maximum atomic E-state index is 13.2. The summed E-state index contributed by atoms with van der Waals surface area (Å²) in [7, 11) is -3.70. The van der Waals surface area contributed by atoms with Crippen molar-refractivity contribution in [1.29, 1.82) is 0 Å². The minimum absolute atomic E-state index is 0.0282. The number of benzene rings is 2. The first-order valence-corrected chi connectivity index (χ1v) is 12.6. The number of sulfonamides is 1. The predicted octanol–water partition coefficient (Wildman–Crippen LogP) is 2.64. The first kappa shape index (κ1) is 22.9. The fraction of sp³-hybridized carbons (Fsp3) is 0.458. The van der Waals surface area contributed by atoms with Gasteiger partial charge in [0.1, 0.15) is 0 Å². The van der Waals surface area contributed by atoms with Gasteiger partial charge in [-0.15, -0.1) is 0 Å². The highest BCUT2D eigenvalue weighted by Gasteiger charge is 2.31. The zero-order valence-corrected chi connectivity index (χ0v) is 19.7. The molecular weight excluding hydrogens is 426 g/mol. The maximum absolute atomic E-state index is 13.2. The van der Waals surface area contributed by atoms with Crippen LogP contribution >= 0.6 is 0 Å². The van der Waals surface area contributed by atoms with Crippen LogP contribution in [0.2, 0.25) is 0 Å². The standard InChI is InChI=1S/C24H31N3O4S/c1-17-5-4-6-20(13-17)24(26-9-11-31-12-10-26)16-25-32(29,30)22-7-8-23-21(15-22)14-18(2)27(23)19(3)28/h4-8,13,15,18,24-25H,9-12,14,16H2,1-3H3/t18-,24+/m1/s1. The second-order valence-electron chi connectivity index (χ2n) is 8.66. The van der Waals surface area contributed by atoms with Gasteiger partial charge in [-0.25, -0.2) is 13.1 Å². The van der Waals surface area contributed by atoms with Gasteiger partial charge in [0.05, 0.1) is 18.1 Å². The number of rotatable bonds is 6. The molecule has 1 N–H and O–H groups in total. The van der Waals surface area contributed by atoms with Crippen molar-refractivity contribution in [3.63, 3.8) is 0 Å². The topological polar surface area (TPSA) is 79.0 Å². The van der Waals surface area contributed by atoms with Crippen molar-refractivity contribution >= 4 is 21.6 Å². The molecule has 0 saturated carbocycles. The number of morpholine rings is 1. The predicted molar refractivity (Wildman–Crippen MR) is 124 cm³/mol. The molecule has 0 aromatic heterocycles. The summed E-state index contributed by atoms with van der Waals surface area (Å²) in [4.78, 5) is 16.2. The Morgan fingerprint density at radius 1 is 1.19 bits per heavy atom. The van der Waals surface area contributed by atoms with Crippen molar-refractivity contribution in [2.75, 3.05) is 37.7 Å². The molecule has 172 valence electrons. The molecule has 0 bridgehead atoms. The van der Waals surface area contributed by atoms with Crippen LogP contribution in [-0.4, -0.2) is 58.1 Å². The Morgan fingerprint density at radius 3 is 2.62 bits per heavy atom. The largest absolute Gasteiger partial charge is 0.379 e. The van der Waals surface area contributed by atoms with Crippen molar-refractivity contribution < 1.29 is 17.9 Å². The Hall–Kier alpha value is -2.26. The van der Waals surface area contributed by atoms with Crippen LogP contribution in [-0.2, 0) is 26.0 Å². The Bertz CT molecular complexity index is 1100. The van der Waals surface area contributed by atoms with Crippen LogP contribution in [0, 0.1) is 6.92 Å². The van der Waals surface area contributed by atoms with E-state index in [1.54, 1.807) is 23.1 Å². The highest BCUT2D eigenvalue weighted by molar-refractivity contribution is 7.89. The molecule has 0 radical (unpaired) electrons. The van der Waals surface area contributed by atoms with E-state index in [-0.39, 0.29) is 29.4 Å². The van der Waals surface area contributed by atoms with Crippen LogP contribution in [0.15, 0.2) is 47.4 Å². The Kier molecular flexibility index (Phi) is 6.67. The van der Waals surface area contributed by atoms with E-state index >= 15 is 0 Å². The van der Waals surface area contributed by atoms with Crippen molar-refractivity contribution in [2.45, 2.75) is 44.2 Å². The van der Waals surface area contributed by atoms with Gasteiger partial charge in [-0.2, -0.15) is 0 Å². The first-order valence-electron chi connectivity index (χ1n) is 11.1. The molecule has 4 rings (SSSR count). The lowest BCUT2D eigenvalue weighted by Gasteiger charge is -2.35. The summed E-state index contributed by atoms with van der Waals surface area (Å²) in [6, 6.07) is 13.2. The summed E-state index contributed by atoms with van der Waals surface area (Å²) >= 11 is 0. The highest BCUT2D eigenvalue weighted by atomic mass is 32.2. The average molecular weight is 458 g/mol. The first-order chi connectivity index (χ1) is 15.3. The molecule has 1 amide bonds. The summed E-state index contributed by atoms with van der Waals surface area (Å²) in [6.07, 6.45) is 0.651. The van der Waals surface area contributed by atoms with Gasteiger partial charge in [0.2, 0.25) is 15.9 Å². The van der Waals surface area contributed by atoms with Crippen LogP contribution in [0.4, 0.5) is 5.69 Å². The van der Waals surface area contributed by atoms with Crippen LogP contribution in [0.5, 0.6) is 0 Å². The third-order valence-corrected chi connectivity index (χ3v) is 7.72. The lowest BCUT2D eigenvalue weighted by Crippen LogP contribution is -2.43. The van der Waals surface area contributed by atoms with Crippen molar-refractivity contribution in [1.82, 2.24) is 9.62 Å². The fourth-order valence-electron chi connectivity index (χ4n) is 4.75. The Morgan fingerprint density at radius 2 is 1.94 bits per heavy atom. The molecule has 0 unspecified atom stereocenters. The molecule has 0 aliphatic carbocycles. The molecule has 2 aromatic carbocycles. The molecule has 1 saturated heterocycles. The van der Waals surface area contributed by atoms with Gasteiger partial charge in [-0.3, -0.25) is 9.69 Å². The summed E-state index contributed by atoms with van der Waals surface area (Å²) in [5, 5.41) is 0. The molecule has 8 heteroatoms. The van der Waals surface area contributed by atoms with Gasteiger partial charge >= 0.3 is 0 Å². The SMILES string of the molecule is CC(=O)N1c2ccc(S(=O)(=O)NC[C@@H](c3cccc(C)c3)N3CCOCC3)cc2C[C@H]1C. The third-order valence-electron chi connectivity index (χ3n) is 6.30. The molecular formula is C24H31N3O4S. The van der Waals surface area contributed by atoms with Gasteiger partial charge in [0.25, 0.3) is 0 Å². The summed E-state index contributed by atoms with van der Waals surface area (Å²) < 4.78 is 34.7. The number of hydrogen-bond acceptors (Lipinski definition) is 5. The van der Waals surface area contributed by atoms with E-state index in [4.69, 9.17) is 4.74 Å². The minimum Gasteiger partial charge on any atom is -0.379 e. The normalized spacial score (nSPS) is 20.2. The lowest BCUT2D eigenvalue weighted by molar-refractivity contribution is -0.116. The van der Waals surface area contributed by atoms with E-state index in [1.807, 2.05) is 26.0 Å². The van der Waals surface area contributed by atoms with E-state index in [9.17, 15) is 13.2 Å². The van der Waals surface area contributed by atoms with Gasteiger partial charge in [-0.1, -0.05) is 29.8 Å². The highest BCUT2D eigenvalue weighted by Crippen LogP contribution is 2.34. The average Bonchev–Trinajstić information content (AvgIpc) is 3.10. The van der Waals surface area contributed by atoms with Crippen LogP contribution in [0.25, 0.3) is 0 Å². The zero-order chi connectivity index (χ0) is 22.9. The summed E-state index contributed by atoms with van der Waals surface area (Å²) in [6.45, 7) is 8.64. The molecule has 2 atom stereocenters. The third kappa shape index (κ3) is 4.73. The fourth-order valence-corrected chi connectivity index (χ4v) is 5.84. The molecule has 2 heterocycles. The molecule has 0 spiro atoms. The van der Waals surface area contributed by atoms with E-state index in [2.05, 4.69) is 21.8 Å². The Balaban J connectivity index is 1.55. The molecule has 1 fully saturated rings. The minimum atomic E-state index is -3.70. The van der Waals surface area contributed by atoms with E-state index in [0.29, 0.717) is 19.6 Å². The number of carbonyl (C=O) groups excluding carboxylic acids is 1. The van der Waals surface area contributed by atoms with Gasteiger partial charge in [0, 0.05) is 44.3 Å². The number of anilines is 1. The second kappa shape index (κ2) is 9.31. The lowest BCUT2D eigenvalue weighted by atomic mass is 10.0. The molecule has 7 nitrogen and oxygen atoms in total. The van der Waals surface area contributed by atoms with Crippen LogP contribution in [0.3, 0.4) is 0 Å². The van der Waals surface area contributed by atoms with Gasteiger partial charge in [0.15, 0.2) is 0 Å². The molecule has 2 aromatic rings. The molecule has 32 heavy (non-hydrogen) atoms. The number of ether oxygens (including phenoxy) is 1. The smallest absolute Gasteiger partial charge is 0.240 e. The zero-order valence-electron chi connectivity index (χ0n) is 18.9. The van der Waals surface area contributed by atoms with Crippen LogP contribution < -0.4 is 9.62 Å². The maximum Gasteiger partial charge on any atom is 0.240 e. The molecule has 2 aliphatic heterocycles. The van der Waals surface area contributed by atoms with E-state index < -0.39 is 10.0 Å².